The average Bonchev–Trinajstić information content (AvgIpc) is 2.99. The quantitative estimate of drug-likeness (QED) is 0.796. The molecule has 3 saturated carbocycles. The summed E-state index contributed by atoms with van der Waals surface area (Å²) >= 11 is 0. The van der Waals surface area contributed by atoms with Crippen molar-refractivity contribution in [2.24, 2.45) is 23.0 Å². The third-order valence-electron chi connectivity index (χ3n) is 7.65. The summed E-state index contributed by atoms with van der Waals surface area (Å²) in [5.74, 6) is 1.19. The van der Waals surface area contributed by atoms with Gasteiger partial charge in [0.15, 0.2) is 0 Å². The van der Waals surface area contributed by atoms with Gasteiger partial charge in [0.1, 0.15) is 0 Å². The minimum Gasteiger partial charge on any atom is -0.404 e. The van der Waals surface area contributed by atoms with E-state index in [-0.39, 0.29) is 37.2 Å². The van der Waals surface area contributed by atoms with Crippen LogP contribution in [0.3, 0.4) is 0 Å². The summed E-state index contributed by atoms with van der Waals surface area (Å²) in [6, 6.07) is 14.9. The van der Waals surface area contributed by atoms with Crippen LogP contribution in [-0.4, -0.2) is 24.8 Å². The van der Waals surface area contributed by atoms with Gasteiger partial charge in [-0.1, -0.05) is 56.3 Å². The zero-order chi connectivity index (χ0) is 18.1. The Hall–Kier alpha value is -1.07. The van der Waals surface area contributed by atoms with E-state index in [0.717, 1.165) is 18.8 Å². The van der Waals surface area contributed by atoms with Crippen molar-refractivity contribution in [1.82, 2.24) is 0 Å². The van der Waals surface area contributed by atoms with Crippen molar-refractivity contribution >= 4 is 30.3 Å². The van der Waals surface area contributed by atoms with Gasteiger partial charge in [0.2, 0.25) is 0 Å². The van der Waals surface area contributed by atoms with Gasteiger partial charge >= 0.3 is 7.12 Å². The van der Waals surface area contributed by atoms with Gasteiger partial charge in [-0.2, -0.15) is 0 Å². The molecule has 1 saturated heterocycles. The molecule has 3 nitrogen and oxygen atoms in total. The molecule has 2 N–H and O–H groups in total. The highest BCUT2D eigenvalue weighted by Gasteiger charge is 2.68. The standard InChI is InChI=1S/C22H28BNO2.ClH/c1-21(2)16-12-18(21)22(3)19(13-16)25-23(26-22)20(24)11-15-9-6-8-14-7-4-5-10-17(14)15;/h4-10,16,18-20H,11-13,24H2,1-3H3;1H/t16-,18-,19+,20?,22-;/m0./s1. The van der Waals surface area contributed by atoms with Crippen LogP contribution in [0.15, 0.2) is 42.5 Å². The fraction of sp³-hybridized carbons (Fsp3) is 0.545. The number of fused-ring (bicyclic) bond motifs is 1. The fourth-order valence-electron chi connectivity index (χ4n) is 5.90. The van der Waals surface area contributed by atoms with Crippen molar-refractivity contribution in [2.45, 2.75) is 57.7 Å². The lowest BCUT2D eigenvalue weighted by Crippen LogP contribution is -2.65. The maximum atomic E-state index is 6.59. The first-order chi connectivity index (χ1) is 12.4. The highest BCUT2D eigenvalue weighted by molar-refractivity contribution is 6.47. The van der Waals surface area contributed by atoms with E-state index in [2.05, 4.69) is 63.2 Å². The van der Waals surface area contributed by atoms with Gasteiger partial charge in [-0.3, -0.25) is 0 Å². The third kappa shape index (κ3) is 2.76. The highest BCUT2D eigenvalue weighted by atomic mass is 35.5. The van der Waals surface area contributed by atoms with Crippen molar-refractivity contribution in [3.05, 3.63) is 48.0 Å². The summed E-state index contributed by atoms with van der Waals surface area (Å²) in [5, 5.41) is 2.53. The molecule has 0 aromatic heterocycles. The van der Waals surface area contributed by atoms with Gasteiger partial charge in [-0.25, -0.2) is 0 Å². The SMILES string of the molecule is CC1(C)[C@@H]2C[C@H]3OB(C(N)Cc4cccc5ccccc45)O[C@@]3(C)[C@H]1C2.Cl. The second-order valence-electron chi connectivity index (χ2n) is 9.34. The minimum absolute atomic E-state index is 0. The molecule has 6 rings (SSSR count). The topological polar surface area (TPSA) is 44.5 Å². The van der Waals surface area contributed by atoms with E-state index >= 15 is 0 Å². The van der Waals surface area contributed by atoms with Crippen LogP contribution in [0.4, 0.5) is 0 Å². The Bertz CT molecular complexity index is 854. The normalized spacial score (nSPS) is 34.5. The Balaban J connectivity index is 0.00000180. The summed E-state index contributed by atoms with van der Waals surface area (Å²) < 4.78 is 12.9. The Morgan fingerprint density at radius 3 is 2.63 bits per heavy atom. The zero-order valence-corrected chi connectivity index (χ0v) is 17.2. The van der Waals surface area contributed by atoms with Crippen LogP contribution in [0.2, 0.25) is 0 Å². The van der Waals surface area contributed by atoms with Crippen molar-refractivity contribution in [1.29, 1.82) is 0 Å². The predicted octanol–water partition coefficient (Wildman–Crippen LogP) is 4.40. The van der Waals surface area contributed by atoms with Crippen LogP contribution >= 0.6 is 12.4 Å². The summed E-state index contributed by atoms with van der Waals surface area (Å²) in [5.41, 5.74) is 8.05. The highest BCUT2D eigenvalue weighted by Crippen LogP contribution is 2.65. The Labute approximate surface area is 168 Å². The number of benzene rings is 2. The molecule has 3 aliphatic carbocycles. The maximum absolute atomic E-state index is 6.59. The van der Waals surface area contributed by atoms with Gasteiger partial charge in [0.25, 0.3) is 0 Å². The van der Waals surface area contributed by atoms with E-state index < -0.39 is 0 Å². The lowest BCUT2D eigenvalue weighted by molar-refractivity contribution is -0.199. The third-order valence-corrected chi connectivity index (χ3v) is 7.65. The van der Waals surface area contributed by atoms with E-state index in [1.165, 1.54) is 22.8 Å². The molecule has 1 heterocycles. The molecule has 27 heavy (non-hydrogen) atoms. The zero-order valence-electron chi connectivity index (χ0n) is 16.4. The molecular weight excluding hydrogens is 357 g/mol. The molecule has 4 fully saturated rings. The lowest BCUT2D eigenvalue weighted by atomic mass is 9.43. The van der Waals surface area contributed by atoms with Crippen molar-refractivity contribution in [3.63, 3.8) is 0 Å². The van der Waals surface area contributed by atoms with Crippen molar-refractivity contribution < 1.29 is 9.31 Å². The van der Waals surface area contributed by atoms with Gasteiger partial charge in [-0.05, 0) is 59.8 Å². The average molecular weight is 386 g/mol. The first kappa shape index (κ1) is 19.3. The van der Waals surface area contributed by atoms with Gasteiger partial charge in [0.05, 0.1) is 11.7 Å². The molecule has 0 radical (unpaired) electrons. The molecule has 4 aliphatic rings. The van der Waals surface area contributed by atoms with Crippen LogP contribution < -0.4 is 5.73 Å². The fourth-order valence-corrected chi connectivity index (χ4v) is 5.90. The van der Waals surface area contributed by atoms with Crippen LogP contribution in [0.1, 0.15) is 39.2 Å². The predicted molar refractivity (Wildman–Crippen MR) is 113 cm³/mol. The second-order valence-corrected chi connectivity index (χ2v) is 9.34. The van der Waals surface area contributed by atoms with E-state index in [1.807, 2.05) is 0 Å². The maximum Gasteiger partial charge on any atom is 0.475 e. The van der Waals surface area contributed by atoms with E-state index in [4.69, 9.17) is 15.0 Å². The Morgan fingerprint density at radius 1 is 1.11 bits per heavy atom. The first-order valence-electron chi connectivity index (χ1n) is 9.95. The molecule has 2 aromatic rings. The summed E-state index contributed by atoms with van der Waals surface area (Å²) in [7, 11) is -0.306. The largest absolute Gasteiger partial charge is 0.475 e. The van der Waals surface area contributed by atoms with Crippen molar-refractivity contribution in [2.75, 3.05) is 0 Å². The molecule has 1 unspecified atom stereocenters. The number of hydrogen-bond acceptors (Lipinski definition) is 3. The smallest absolute Gasteiger partial charge is 0.404 e. The van der Waals surface area contributed by atoms with Gasteiger partial charge in [-0.15, -0.1) is 12.4 Å². The van der Waals surface area contributed by atoms with E-state index in [0.29, 0.717) is 11.3 Å². The van der Waals surface area contributed by atoms with E-state index in [1.54, 1.807) is 0 Å². The van der Waals surface area contributed by atoms with E-state index in [9.17, 15) is 0 Å². The van der Waals surface area contributed by atoms with Crippen LogP contribution in [0.5, 0.6) is 0 Å². The van der Waals surface area contributed by atoms with Gasteiger partial charge < -0.3 is 15.0 Å². The monoisotopic (exact) mass is 385 g/mol. The van der Waals surface area contributed by atoms with Gasteiger partial charge in [0, 0.05) is 5.94 Å². The molecule has 0 spiro atoms. The molecule has 5 heteroatoms. The van der Waals surface area contributed by atoms with Crippen LogP contribution in [0.25, 0.3) is 10.8 Å². The molecule has 144 valence electrons. The van der Waals surface area contributed by atoms with Crippen molar-refractivity contribution in [3.8, 4) is 0 Å². The Morgan fingerprint density at radius 2 is 1.85 bits per heavy atom. The number of hydrogen-bond donors (Lipinski definition) is 1. The number of nitrogens with two attached hydrogens (primary N) is 1. The second kappa shape index (κ2) is 6.48. The molecule has 1 aliphatic heterocycles. The number of rotatable bonds is 3. The Kier molecular flexibility index (Phi) is 4.63. The molecule has 2 bridgehead atoms. The summed E-state index contributed by atoms with van der Waals surface area (Å²) in [6.07, 6.45) is 3.35. The molecule has 2 aromatic carbocycles. The molecule has 0 amide bonds. The summed E-state index contributed by atoms with van der Waals surface area (Å²) in [4.78, 5) is 0. The number of halogens is 1. The first-order valence-corrected chi connectivity index (χ1v) is 9.95. The summed E-state index contributed by atoms with van der Waals surface area (Å²) in [6.45, 7) is 7.03. The molecule has 5 atom stereocenters. The lowest BCUT2D eigenvalue weighted by Gasteiger charge is -2.64. The minimum atomic E-state index is -0.306. The van der Waals surface area contributed by atoms with Crippen LogP contribution in [0, 0.1) is 17.3 Å². The van der Waals surface area contributed by atoms with Crippen LogP contribution in [-0.2, 0) is 15.7 Å². The molecular formula is C22H29BClNO2.